The second-order valence-corrected chi connectivity index (χ2v) is 7.54. The third kappa shape index (κ3) is 4.59. The number of rotatable bonds is 5. The number of ether oxygens (including phenoxy) is 1. The molecule has 1 aliphatic rings. The summed E-state index contributed by atoms with van der Waals surface area (Å²) in [5, 5.41) is 3.51. The van der Waals surface area contributed by atoms with Crippen LogP contribution >= 0.6 is 11.6 Å². The summed E-state index contributed by atoms with van der Waals surface area (Å²) in [6, 6.07) is 22.3. The van der Waals surface area contributed by atoms with E-state index in [-0.39, 0.29) is 11.8 Å². The molecule has 6 nitrogen and oxygen atoms in total. The van der Waals surface area contributed by atoms with Crippen molar-refractivity contribution >= 4 is 29.6 Å². The number of benzene rings is 3. The van der Waals surface area contributed by atoms with Crippen LogP contribution < -0.4 is 15.5 Å². The Balaban J connectivity index is 1.70. The third-order valence-electron chi connectivity index (χ3n) is 5.08. The van der Waals surface area contributed by atoms with E-state index in [0.29, 0.717) is 16.3 Å². The number of nitrogens with one attached hydrogen (secondary N) is 2. The molecule has 0 aromatic heterocycles. The lowest BCUT2D eigenvalue weighted by Crippen LogP contribution is -2.42. The predicted molar refractivity (Wildman–Crippen MR) is 118 cm³/mol. The molecule has 3 aromatic carbocycles. The van der Waals surface area contributed by atoms with Crippen LogP contribution in [0.25, 0.3) is 0 Å². The van der Waals surface area contributed by atoms with E-state index in [0.717, 1.165) is 11.1 Å². The van der Waals surface area contributed by atoms with Crippen molar-refractivity contribution in [3.63, 3.8) is 0 Å². The van der Waals surface area contributed by atoms with Crippen LogP contribution in [-0.4, -0.2) is 35.9 Å². The Labute approximate surface area is 185 Å². The van der Waals surface area contributed by atoms with E-state index in [9.17, 15) is 9.59 Å². The molecule has 0 spiro atoms. The number of carbonyl (C=O) groups is 2. The van der Waals surface area contributed by atoms with Gasteiger partial charge in [0.15, 0.2) is 6.04 Å². The number of methoxy groups -OCH3 is 1. The highest BCUT2D eigenvalue weighted by atomic mass is 35.5. The average molecular weight is 435 g/mol. The molecule has 2 atom stereocenters. The molecule has 0 unspecified atom stereocenters. The first-order chi connectivity index (χ1) is 15.0. The first kappa shape index (κ1) is 20.6. The van der Waals surface area contributed by atoms with Crippen molar-refractivity contribution in [3.05, 3.63) is 101 Å². The predicted octanol–water partition coefficient (Wildman–Crippen LogP) is 3.36. The van der Waals surface area contributed by atoms with Crippen molar-refractivity contribution in [2.24, 2.45) is 0 Å². The van der Waals surface area contributed by atoms with Crippen LogP contribution in [0.2, 0.25) is 5.02 Å². The Morgan fingerprint density at radius 3 is 2.35 bits per heavy atom. The molecule has 0 radical (unpaired) electrons. The first-order valence-corrected chi connectivity index (χ1v) is 10.1. The van der Waals surface area contributed by atoms with Gasteiger partial charge in [-0.1, -0.05) is 29.8 Å². The Bertz CT molecular complexity index is 1110. The Kier molecular flexibility index (Phi) is 6.00. The minimum atomic E-state index is -0.787. The summed E-state index contributed by atoms with van der Waals surface area (Å²) in [7, 11) is 1.60. The molecule has 1 fully saturated rings. The second-order valence-electron chi connectivity index (χ2n) is 7.10. The van der Waals surface area contributed by atoms with Gasteiger partial charge in [0.25, 0.3) is 5.91 Å². The minimum Gasteiger partial charge on any atom is -0.497 e. The number of hydrogen-bond donors (Lipinski definition) is 2. The van der Waals surface area contributed by atoms with Gasteiger partial charge in [0.2, 0.25) is 12.3 Å². The summed E-state index contributed by atoms with van der Waals surface area (Å²) in [6.07, 6.45) is 1.82. The normalized spacial score (nSPS) is 19.2. The summed E-state index contributed by atoms with van der Waals surface area (Å²) < 4.78 is 6.96. The maximum atomic E-state index is 12.9. The number of halogens is 1. The average Bonchev–Trinajstić information content (AvgIpc) is 3.10. The molecule has 0 bridgehead atoms. The van der Waals surface area contributed by atoms with Gasteiger partial charge in [-0.2, -0.15) is 0 Å². The fraction of sp³-hybridized carbons (Fsp3) is 0.125. The van der Waals surface area contributed by atoms with Gasteiger partial charge >= 0.3 is 5.91 Å². The lowest BCUT2D eigenvalue weighted by molar-refractivity contribution is -0.596. The van der Waals surface area contributed by atoms with E-state index in [1.165, 1.54) is 0 Å². The lowest BCUT2D eigenvalue weighted by Gasteiger charge is -2.15. The summed E-state index contributed by atoms with van der Waals surface area (Å²) in [5.74, 6) is 0.0991. The van der Waals surface area contributed by atoms with Gasteiger partial charge < -0.3 is 10.1 Å². The number of carbonyl (C=O) groups excluding carboxylic acids is 2. The molecule has 1 aliphatic heterocycles. The number of hydrazine groups is 1. The van der Waals surface area contributed by atoms with Crippen LogP contribution in [-0.2, 0) is 4.79 Å². The Morgan fingerprint density at radius 1 is 1.03 bits per heavy atom. The van der Waals surface area contributed by atoms with Crippen molar-refractivity contribution in [1.82, 2.24) is 10.7 Å². The maximum Gasteiger partial charge on any atom is 0.304 e. The highest BCUT2D eigenvalue weighted by molar-refractivity contribution is 6.30. The standard InChI is InChI=1S/C24H20ClN3O3/c1-31-20-13-9-17(10-14-20)22-21(26-23(29)18-5-3-2-4-6-18)24(30)27-28(22)15-16-7-11-19(25)12-8-16/h2-15,21-22H,1H3,(H-,26,27,29,30)/p+1/b28-15-/t21-,22+/m0/s1. The summed E-state index contributed by atoms with van der Waals surface area (Å²) >= 11 is 5.99. The molecule has 3 aromatic rings. The van der Waals surface area contributed by atoms with Crippen molar-refractivity contribution in [2.75, 3.05) is 7.11 Å². The molecule has 156 valence electrons. The largest absolute Gasteiger partial charge is 0.497 e. The van der Waals surface area contributed by atoms with E-state index in [4.69, 9.17) is 16.3 Å². The van der Waals surface area contributed by atoms with Crippen molar-refractivity contribution in [1.29, 1.82) is 0 Å². The smallest absolute Gasteiger partial charge is 0.304 e. The highest BCUT2D eigenvalue weighted by Crippen LogP contribution is 2.27. The van der Waals surface area contributed by atoms with Crippen molar-refractivity contribution < 1.29 is 19.0 Å². The summed E-state index contributed by atoms with van der Waals surface area (Å²) in [4.78, 5) is 25.6. The summed E-state index contributed by atoms with van der Waals surface area (Å²) in [5.41, 5.74) is 5.06. The van der Waals surface area contributed by atoms with Gasteiger partial charge in [-0.05, 0) is 60.7 Å². The summed E-state index contributed by atoms with van der Waals surface area (Å²) in [6.45, 7) is 0. The number of hydrazone groups is 1. The zero-order valence-electron chi connectivity index (χ0n) is 16.8. The molecule has 2 N–H and O–H groups in total. The maximum absolute atomic E-state index is 12.9. The monoisotopic (exact) mass is 434 g/mol. The number of nitrogens with zero attached hydrogens (tertiary/aromatic N) is 1. The fourth-order valence-electron chi connectivity index (χ4n) is 3.51. The third-order valence-corrected chi connectivity index (χ3v) is 5.33. The Morgan fingerprint density at radius 2 is 1.71 bits per heavy atom. The van der Waals surface area contributed by atoms with E-state index in [1.54, 1.807) is 48.2 Å². The molecular weight excluding hydrogens is 414 g/mol. The molecule has 2 amide bonds. The second kappa shape index (κ2) is 9.02. The van der Waals surface area contributed by atoms with Gasteiger partial charge in [0, 0.05) is 21.7 Å². The first-order valence-electron chi connectivity index (χ1n) is 9.74. The van der Waals surface area contributed by atoms with Crippen molar-refractivity contribution in [2.45, 2.75) is 12.1 Å². The molecular formula is C24H21ClN3O3+. The van der Waals surface area contributed by atoms with Crippen LogP contribution in [0.5, 0.6) is 5.75 Å². The van der Waals surface area contributed by atoms with Crippen LogP contribution in [0.15, 0.2) is 78.9 Å². The van der Waals surface area contributed by atoms with Gasteiger partial charge in [0.1, 0.15) is 5.75 Å². The van der Waals surface area contributed by atoms with Crippen molar-refractivity contribution in [3.8, 4) is 5.75 Å². The molecule has 4 rings (SSSR count). The van der Waals surface area contributed by atoms with Crippen LogP contribution in [0.4, 0.5) is 0 Å². The topological polar surface area (TPSA) is 70.4 Å². The minimum absolute atomic E-state index is 0.296. The molecule has 31 heavy (non-hydrogen) atoms. The quantitative estimate of drug-likeness (QED) is 0.605. The molecule has 0 saturated carbocycles. The zero-order valence-corrected chi connectivity index (χ0v) is 17.5. The van der Waals surface area contributed by atoms with E-state index >= 15 is 0 Å². The van der Waals surface area contributed by atoms with E-state index in [2.05, 4.69) is 10.7 Å². The van der Waals surface area contributed by atoms with Gasteiger partial charge in [-0.25, -0.2) is 0 Å². The zero-order chi connectivity index (χ0) is 21.8. The van der Waals surface area contributed by atoms with E-state index in [1.807, 2.05) is 48.7 Å². The van der Waals surface area contributed by atoms with Gasteiger partial charge in [-0.15, -0.1) is 10.1 Å². The number of hydrogen-bond acceptors (Lipinski definition) is 3. The van der Waals surface area contributed by atoms with E-state index < -0.39 is 12.1 Å². The lowest BCUT2D eigenvalue weighted by atomic mass is 9.99. The fourth-order valence-corrected chi connectivity index (χ4v) is 3.63. The number of amides is 2. The SMILES string of the molecule is COc1ccc([C@@H]2[C@H](NC(=O)c3ccccc3)C(=O)N/[N+]2=C\c2ccc(Cl)cc2)cc1. The van der Waals surface area contributed by atoms with Crippen LogP contribution in [0.3, 0.4) is 0 Å². The van der Waals surface area contributed by atoms with Gasteiger partial charge in [-0.3, -0.25) is 9.59 Å². The molecule has 1 saturated heterocycles. The van der Waals surface area contributed by atoms with Crippen LogP contribution in [0.1, 0.15) is 27.5 Å². The molecule has 7 heteroatoms. The Hall–Kier alpha value is -3.64. The molecule has 0 aliphatic carbocycles. The highest BCUT2D eigenvalue weighted by Gasteiger charge is 2.47. The molecule has 1 heterocycles. The van der Waals surface area contributed by atoms with Crippen LogP contribution in [0, 0.1) is 0 Å². The van der Waals surface area contributed by atoms with Gasteiger partial charge in [0.05, 0.1) is 7.11 Å².